The van der Waals surface area contributed by atoms with Crippen LogP contribution >= 0.6 is 0 Å². The molecule has 0 saturated heterocycles. The molecule has 29 heavy (non-hydrogen) atoms. The monoisotopic (exact) mass is 378 g/mol. The van der Waals surface area contributed by atoms with Gasteiger partial charge in [0.05, 0.1) is 0 Å². The quantitative estimate of drug-likeness (QED) is 0.238. The van der Waals surface area contributed by atoms with Crippen molar-refractivity contribution in [2.45, 2.75) is 25.4 Å². The zero-order valence-corrected chi connectivity index (χ0v) is 16.3. The van der Waals surface area contributed by atoms with Gasteiger partial charge in [-0.05, 0) is 62.7 Å². The SMILES string of the molecule is FC1CCCc2c1ccc1c2ccc2ccccc21.c1ccc2ccccc2c1. The lowest BCUT2D eigenvalue weighted by atomic mass is 9.85. The van der Waals surface area contributed by atoms with Crippen LogP contribution in [0.2, 0.25) is 0 Å². The molecule has 0 saturated carbocycles. The summed E-state index contributed by atoms with van der Waals surface area (Å²) >= 11 is 0. The molecule has 0 fully saturated rings. The Kier molecular flexibility index (Phi) is 4.73. The summed E-state index contributed by atoms with van der Waals surface area (Å²) in [6.45, 7) is 0. The number of aryl methyl sites for hydroxylation is 1. The molecule has 0 heterocycles. The third-order valence-corrected chi connectivity index (χ3v) is 5.95. The van der Waals surface area contributed by atoms with E-state index >= 15 is 0 Å². The standard InChI is InChI=1S/C18H15F.C10H8/c19-18-7-3-6-14-16-9-8-12-4-1-2-5-13(12)15(16)10-11-17(14)18;1-2-6-10-8-4-3-7-9(10)5-1/h1-2,4-5,8-11,18H,3,6-7H2;1-8H. The summed E-state index contributed by atoms with van der Waals surface area (Å²) in [7, 11) is 0. The fourth-order valence-electron chi connectivity index (χ4n) is 4.49. The fourth-order valence-corrected chi connectivity index (χ4v) is 4.49. The van der Waals surface area contributed by atoms with Gasteiger partial charge in [-0.3, -0.25) is 0 Å². The van der Waals surface area contributed by atoms with Gasteiger partial charge in [0.15, 0.2) is 0 Å². The van der Waals surface area contributed by atoms with Crippen LogP contribution in [-0.2, 0) is 6.42 Å². The van der Waals surface area contributed by atoms with Crippen LogP contribution in [0.15, 0.2) is 97.1 Å². The van der Waals surface area contributed by atoms with E-state index < -0.39 is 6.17 Å². The molecule has 0 N–H and O–H groups in total. The molecule has 0 bridgehead atoms. The predicted molar refractivity (Wildman–Crippen MR) is 122 cm³/mol. The molecule has 1 aliphatic carbocycles. The highest BCUT2D eigenvalue weighted by Gasteiger charge is 2.21. The molecule has 0 amide bonds. The van der Waals surface area contributed by atoms with Gasteiger partial charge in [-0.1, -0.05) is 97.1 Å². The third-order valence-electron chi connectivity index (χ3n) is 5.95. The van der Waals surface area contributed by atoms with E-state index in [4.69, 9.17) is 0 Å². The Morgan fingerprint density at radius 2 is 1.14 bits per heavy atom. The van der Waals surface area contributed by atoms with Crippen LogP contribution in [0, 0.1) is 0 Å². The van der Waals surface area contributed by atoms with Crippen LogP contribution in [0.1, 0.15) is 30.1 Å². The van der Waals surface area contributed by atoms with E-state index in [0.29, 0.717) is 6.42 Å². The maximum atomic E-state index is 14.0. The van der Waals surface area contributed by atoms with E-state index in [1.54, 1.807) is 0 Å². The zero-order valence-electron chi connectivity index (χ0n) is 16.3. The number of alkyl halides is 1. The lowest BCUT2D eigenvalue weighted by Crippen LogP contribution is -2.06. The number of benzene rings is 5. The molecule has 0 nitrogen and oxygen atoms in total. The Morgan fingerprint density at radius 1 is 0.552 bits per heavy atom. The number of hydrogen-bond acceptors (Lipinski definition) is 0. The molecule has 6 rings (SSSR count). The second kappa shape index (κ2) is 7.67. The van der Waals surface area contributed by atoms with Crippen LogP contribution in [0.5, 0.6) is 0 Å². The van der Waals surface area contributed by atoms with Gasteiger partial charge >= 0.3 is 0 Å². The molecule has 1 unspecified atom stereocenters. The summed E-state index contributed by atoms with van der Waals surface area (Å²) in [4.78, 5) is 0. The van der Waals surface area contributed by atoms with Crippen molar-refractivity contribution in [1.82, 2.24) is 0 Å². The molecule has 5 aromatic rings. The van der Waals surface area contributed by atoms with E-state index in [9.17, 15) is 4.39 Å². The van der Waals surface area contributed by atoms with Crippen molar-refractivity contribution in [1.29, 1.82) is 0 Å². The van der Waals surface area contributed by atoms with Crippen LogP contribution in [0.3, 0.4) is 0 Å². The van der Waals surface area contributed by atoms with Crippen molar-refractivity contribution in [3.8, 4) is 0 Å². The van der Waals surface area contributed by atoms with E-state index in [1.165, 1.54) is 37.9 Å². The smallest absolute Gasteiger partial charge is 0.125 e. The van der Waals surface area contributed by atoms with Crippen molar-refractivity contribution in [3.05, 3.63) is 108 Å². The average molecular weight is 378 g/mol. The molecule has 1 aliphatic rings. The Balaban J connectivity index is 0.000000153. The molecule has 1 heteroatoms. The number of fused-ring (bicyclic) bond motifs is 6. The molecule has 1 atom stereocenters. The van der Waals surface area contributed by atoms with E-state index in [0.717, 1.165) is 18.4 Å². The molecular formula is C28H23F. The minimum absolute atomic E-state index is 0.673. The van der Waals surface area contributed by atoms with Gasteiger partial charge in [-0.25, -0.2) is 4.39 Å². The fraction of sp³-hybridized carbons (Fsp3) is 0.143. The summed E-state index contributed by atoms with van der Waals surface area (Å²) in [6.07, 6.45) is 1.86. The van der Waals surface area contributed by atoms with Crippen LogP contribution in [0.25, 0.3) is 32.3 Å². The van der Waals surface area contributed by atoms with Gasteiger partial charge in [0.25, 0.3) is 0 Å². The largest absolute Gasteiger partial charge is 0.242 e. The van der Waals surface area contributed by atoms with E-state index in [2.05, 4.69) is 91.0 Å². The second-order valence-corrected chi connectivity index (χ2v) is 7.72. The first-order valence-corrected chi connectivity index (χ1v) is 10.3. The third kappa shape index (κ3) is 3.38. The first-order valence-electron chi connectivity index (χ1n) is 10.3. The maximum absolute atomic E-state index is 14.0. The van der Waals surface area contributed by atoms with E-state index in [-0.39, 0.29) is 0 Å². The van der Waals surface area contributed by atoms with Gasteiger partial charge in [-0.15, -0.1) is 0 Å². The van der Waals surface area contributed by atoms with Crippen LogP contribution in [-0.4, -0.2) is 0 Å². The summed E-state index contributed by atoms with van der Waals surface area (Å²) in [5.41, 5.74) is 2.14. The summed E-state index contributed by atoms with van der Waals surface area (Å²) in [6, 6.07) is 33.5. The number of rotatable bonds is 0. The lowest BCUT2D eigenvalue weighted by Gasteiger charge is -2.21. The van der Waals surface area contributed by atoms with Crippen LogP contribution in [0.4, 0.5) is 4.39 Å². The topological polar surface area (TPSA) is 0 Å². The van der Waals surface area contributed by atoms with E-state index in [1.807, 2.05) is 6.07 Å². The Hall–Kier alpha value is -3.19. The van der Waals surface area contributed by atoms with Crippen molar-refractivity contribution in [3.63, 3.8) is 0 Å². The van der Waals surface area contributed by atoms with Gasteiger partial charge < -0.3 is 0 Å². The molecule has 0 aromatic heterocycles. The van der Waals surface area contributed by atoms with Gasteiger partial charge in [0.1, 0.15) is 6.17 Å². The maximum Gasteiger partial charge on any atom is 0.125 e. The Bertz CT molecular complexity index is 1240. The van der Waals surface area contributed by atoms with Crippen molar-refractivity contribution >= 4 is 32.3 Å². The van der Waals surface area contributed by atoms with Gasteiger partial charge in [0, 0.05) is 0 Å². The molecule has 142 valence electrons. The number of halogens is 1. The van der Waals surface area contributed by atoms with Crippen molar-refractivity contribution < 1.29 is 4.39 Å². The van der Waals surface area contributed by atoms with Gasteiger partial charge in [-0.2, -0.15) is 0 Å². The lowest BCUT2D eigenvalue weighted by molar-refractivity contribution is 0.303. The second-order valence-electron chi connectivity index (χ2n) is 7.72. The Morgan fingerprint density at radius 3 is 1.83 bits per heavy atom. The minimum atomic E-state index is -0.778. The normalized spacial score (nSPS) is 15.7. The van der Waals surface area contributed by atoms with Crippen LogP contribution < -0.4 is 0 Å². The minimum Gasteiger partial charge on any atom is -0.242 e. The summed E-state index contributed by atoms with van der Waals surface area (Å²) in [5.74, 6) is 0. The highest BCUT2D eigenvalue weighted by molar-refractivity contribution is 6.08. The first-order chi connectivity index (χ1) is 14.3. The first kappa shape index (κ1) is 17.9. The molecule has 0 aliphatic heterocycles. The zero-order chi connectivity index (χ0) is 19.6. The van der Waals surface area contributed by atoms with Gasteiger partial charge in [0.2, 0.25) is 0 Å². The summed E-state index contributed by atoms with van der Waals surface area (Å²) < 4.78 is 14.0. The number of hydrogen-bond donors (Lipinski definition) is 0. The highest BCUT2D eigenvalue weighted by Crippen LogP contribution is 2.38. The molecule has 0 radical (unpaired) electrons. The summed E-state index contributed by atoms with van der Waals surface area (Å²) in [5, 5.41) is 7.63. The van der Waals surface area contributed by atoms with Crippen molar-refractivity contribution in [2.24, 2.45) is 0 Å². The van der Waals surface area contributed by atoms with Crippen molar-refractivity contribution in [2.75, 3.05) is 0 Å². The molecular weight excluding hydrogens is 355 g/mol. The highest BCUT2D eigenvalue weighted by atomic mass is 19.1. The average Bonchev–Trinajstić information content (AvgIpc) is 2.79. The molecule has 0 spiro atoms. The predicted octanol–water partition coefficient (Wildman–Crippen LogP) is 8.18. The Labute approximate surface area is 170 Å². The molecule has 5 aromatic carbocycles.